The second-order valence-electron chi connectivity index (χ2n) is 7.39. The van der Waals surface area contributed by atoms with Crippen LogP contribution in [0.4, 0.5) is 0 Å². The Labute approximate surface area is 187 Å². The van der Waals surface area contributed by atoms with E-state index in [2.05, 4.69) is 4.98 Å². The van der Waals surface area contributed by atoms with Crippen molar-refractivity contribution in [2.24, 2.45) is 0 Å². The Morgan fingerprint density at radius 1 is 1.03 bits per heavy atom. The number of nitrogens with zero attached hydrogens (tertiary/aromatic N) is 2. The van der Waals surface area contributed by atoms with E-state index in [9.17, 15) is 4.79 Å². The van der Waals surface area contributed by atoms with Gasteiger partial charge in [-0.05, 0) is 54.8 Å². The van der Waals surface area contributed by atoms with E-state index in [1.165, 1.54) is 0 Å². The van der Waals surface area contributed by atoms with Gasteiger partial charge in [0.25, 0.3) is 0 Å². The zero-order valence-electron chi connectivity index (χ0n) is 18.5. The minimum Gasteiger partial charge on any atom is -0.493 e. The summed E-state index contributed by atoms with van der Waals surface area (Å²) in [6, 6.07) is 9.35. The Hall–Kier alpha value is -3.74. The largest absolute Gasteiger partial charge is 0.493 e. The number of hydrogen-bond donors (Lipinski definition) is 0. The van der Waals surface area contributed by atoms with E-state index >= 15 is 0 Å². The molecular weight excluding hydrogens is 408 g/mol. The Morgan fingerprint density at radius 2 is 1.88 bits per heavy atom. The van der Waals surface area contributed by atoms with Gasteiger partial charge in [0.15, 0.2) is 17.3 Å². The molecule has 0 unspecified atom stereocenters. The third kappa shape index (κ3) is 4.32. The molecule has 4 rings (SSSR count). The summed E-state index contributed by atoms with van der Waals surface area (Å²) in [6.45, 7) is 1.25. The number of aromatic nitrogens is 2. The molecule has 7 nitrogen and oxygen atoms in total. The number of imidazole rings is 1. The smallest absolute Gasteiger partial charge is 0.203 e. The van der Waals surface area contributed by atoms with Gasteiger partial charge >= 0.3 is 0 Å². The number of ketones is 1. The zero-order chi connectivity index (χ0) is 22.5. The van der Waals surface area contributed by atoms with E-state index in [4.69, 9.17) is 18.9 Å². The lowest BCUT2D eigenvalue weighted by Crippen LogP contribution is -2.15. The van der Waals surface area contributed by atoms with Crippen LogP contribution in [0.25, 0.3) is 6.08 Å². The van der Waals surface area contributed by atoms with Gasteiger partial charge in [-0.1, -0.05) is 0 Å². The van der Waals surface area contributed by atoms with Crippen molar-refractivity contribution in [1.29, 1.82) is 0 Å². The number of allylic oxidation sites excluding steroid dienone is 1. The molecule has 166 valence electrons. The van der Waals surface area contributed by atoms with Crippen molar-refractivity contribution in [2.45, 2.75) is 19.4 Å². The molecule has 0 amide bonds. The van der Waals surface area contributed by atoms with Crippen molar-refractivity contribution in [3.05, 3.63) is 71.3 Å². The first-order valence-electron chi connectivity index (χ1n) is 10.4. The van der Waals surface area contributed by atoms with E-state index in [0.29, 0.717) is 35.8 Å². The van der Waals surface area contributed by atoms with Crippen LogP contribution in [0, 0.1) is 0 Å². The third-order valence-electron chi connectivity index (χ3n) is 5.52. The molecule has 1 aliphatic carbocycles. The highest BCUT2D eigenvalue weighted by Crippen LogP contribution is 2.41. The monoisotopic (exact) mass is 434 g/mol. The van der Waals surface area contributed by atoms with Gasteiger partial charge in [-0.25, -0.2) is 4.98 Å². The number of methoxy groups -OCH3 is 3. The lowest BCUT2D eigenvalue weighted by Gasteiger charge is -2.20. The lowest BCUT2D eigenvalue weighted by atomic mass is 9.86. The molecular formula is C25H26N2O5. The maximum Gasteiger partial charge on any atom is 0.203 e. The quantitative estimate of drug-likeness (QED) is 0.495. The Bertz CT molecular complexity index is 1140. The highest BCUT2D eigenvalue weighted by molar-refractivity contribution is 6.13. The first-order chi connectivity index (χ1) is 15.6. The van der Waals surface area contributed by atoms with E-state index in [1.807, 2.05) is 47.2 Å². The standard InChI is InChI=1S/C25H26N2O5/c1-29-22-9-6-19(24(30-2)25(22)31-3)14-18-5-4-17-15-20(7-8-21(17)23(18)28)32-13-12-27-11-10-26-16-27/h6-11,14-16H,4-5,12-13H2,1-3H3. The average molecular weight is 434 g/mol. The second-order valence-corrected chi connectivity index (χ2v) is 7.39. The predicted molar refractivity (Wildman–Crippen MR) is 121 cm³/mol. The molecule has 0 aliphatic heterocycles. The van der Waals surface area contributed by atoms with Crippen LogP contribution >= 0.6 is 0 Å². The first kappa shape index (κ1) is 21.5. The van der Waals surface area contributed by atoms with Gasteiger partial charge in [0.05, 0.1) is 34.2 Å². The molecule has 0 atom stereocenters. The number of rotatable bonds is 8. The summed E-state index contributed by atoms with van der Waals surface area (Å²) >= 11 is 0. The minimum absolute atomic E-state index is 0.0213. The van der Waals surface area contributed by atoms with E-state index < -0.39 is 0 Å². The van der Waals surface area contributed by atoms with Gasteiger partial charge in [0, 0.05) is 29.1 Å². The highest BCUT2D eigenvalue weighted by Gasteiger charge is 2.24. The fraction of sp³-hybridized carbons (Fsp3) is 0.280. The Morgan fingerprint density at radius 3 is 2.59 bits per heavy atom. The summed E-state index contributed by atoms with van der Waals surface area (Å²) in [4.78, 5) is 17.2. The summed E-state index contributed by atoms with van der Waals surface area (Å²) in [6.07, 6.45) is 8.68. The summed E-state index contributed by atoms with van der Waals surface area (Å²) < 4.78 is 24.2. The molecule has 1 heterocycles. The Balaban J connectivity index is 1.53. The van der Waals surface area contributed by atoms with Gasteiger partial charge in [0.1, 0.15) is 12.4 Å². The topological polar surface area (TPSA) is 71.8 Å². The number of hydrogen-bond acceptors (Lipinski definition) is 6. The van der Waals surface area contributed by atoms with Crippen molar-refractivity contribution in [3.8, 4) is 23.0 Å². The number of carbonyl (C=O) groups excluding carboxylic acids is 1. The number of benzene rings is 2. The number of aryl methyl sites for hydroxylation is 1. The van der Waals surface area contributed by atoms with Crippen LogP contribution in [0.15, 0.2) is 54.6 Å². The maximum atomic E-state index is 13.2. The SMILES string of the molecule is COc1ccc(C=C2CCc3cc(OCCn4ccnc4)ccc3C2=O)c(OC)c1OC. The Kier molecular flexibility index (Phi) is 6.44. The van der Waals surface area contributed by atoms with Crippen LogP contribution in [-0.4, -0.2) is 43.3 Å². The molecule has 0 spiro atoms. The number of carbonyl (C=O) groups is 1. The summed E-state index contributed by atoms with van der Waals surface area (Å²) in [5, 5.41) is 0. The maximum absolute atomic E-state index is 13.2. The van der Waals surface area contributed by atoms with Gasteiger partial charge < -0.3 is 23.5 Å². The fourth-order valence-corrected chi connectivity index (χ4v) is 3.90. The van der Waals surface area contributed by atoms with Gasteiger partial charge in [-0.15, -0.1) is 0 Å². The van der Waals surface area contributed by atoms with Crippen molar-refractivity contribution in [3.63, 3.8) is 0 Å². The summed E-state index contributed by atoms with van der Waals surface area (Å²) in [5.74, 6) is 2.41. The predicted octanol–water partition coefficient (Wildman–Crippen LogP) is 4.20. The molecule has 0 N–H and O–H groups in total. The molecule has 7 heteroatoms. The van der Waals surface area contributed by atoms with Crippen LogP contribution in [0.2, 0.25) is 0 Å². The molecule has 0 radical (unpaired) electrons. The molecule has 1 aliphatic rings. The van der Waals surface area contributed by atoms with Crippen LogP contribution < -0.4 is 18.9 Å². The molecule has 32 heavy (non-hydrogen) atoms. The van der Waals surface area contributed by atoms with Crippen LogP contribution in [0.5, 0.6) is 23.0 Å². The average Bonchev–Trinajstić information content (AvgIpc) is 3.34. The third-order valence-corrected chi connectivity index (χ3v) is 5.52. The van der Waals surface area contributed by atoms with Crippen molar-refractivity contribution >= 4 is 11.9 Å². The number of ether oxygens (including phenoxy) is 4. The van der Waals surface area contributed by atoms with Crippen molar-refractivity contribution in [1.82, 2.24) is 9.55 Å². The van der Waals surface area contributed by atoms with Crippen molar-refractivity contribution < 1.29 is 23.7 Å². The summed E-state index contributed by atoms with van der Waals surface area (Å²) in [5.41, 5.74) is 3.23. The number of Topliss-reactive ketones (excluding diaryl/α,β-unsaturated/α-hetero) is 1. The molecule has 0 saturated carbocycles. The molecule has 2 aromatic carbocycles. The molecule has 0 bridgehead atoms. The molecule has 3 aromatic rings. The molecule has 0 saturated heterocycles. The van der Waals surface area contributed by atoms with E-state index in [1.54, 1.807) is 33.9 Å². The van der Waals surface area contributed by atoms with Gasteiger partial charge in [0.2, 0.25) is 5.75 Å². The van der Waals surface area contributed by atoms with Gasteiger partial charge in [-0.2, -0.15) is 0 Å². The molecule has 1 aromatic heterocycles. The normalized spacial score (nSPS) is 14.2. The number of fused-ring (bicyclic) bond motifs is 1. The minimum atomic E-state index is 0.0213. The van der Waals surface area contributed by atoms with Gasteiger partial charge in [-0.3, -0.25) is 4.79 Å². The molecule has 0 fully saturated rings. The highest BCUT2D eigenvalue weighted by atomic mass is 16.5. The van der Waals surface area contributed by atoms with Crippen LogP contribution in [0.1, 0.15) is 27.9 Å². The van der Waals surface area contributed by atoms with E-state index in [0.717, 1.165) is 35.4 Å². The zero-order valence-corrected chi connectivity index (χ0v) is 18.5. The van der Waals surface area contributed by atoms with E-state index in [-0.39, 0.29) is 5.78 Å². The summed E-state index contributed by atoms with van der Waals surface area (Å²) in [7, 11) is 4.72. The lowest BCUT2D eigenvalue weighted by molar-refractivity contribution is 0.102. The second kappa shape index (κ2) is 9.60. The fourth-order valence-electron chi connectivity index (χ4n) is 3.90. The van der Waals surface area contributed by atoms with Crippen LogP contribution in [-0.2, 0) is 13.0 Å². The first-order valence-corrected chi connectivity index (χ1v) is 10.4. The van der Waals surface area contributed by atoms with Crippen LogP contribution in [0.3, 0.4) is 0 Å². The van der Waals surface area contributed by atoms with Crippen molar-refractivity contribution in [2.75, 3.05) is 27.9 Å².